The van der Waals surface area contributed by atoms with Crippen LogP contribution >= 0.6 is 0 Å². The number of ether oxygens (including phenoxy) is 2. The Balaban J connectivity index is 1.65. The number of nitrogens with zero attached hydrogens (tertiary/aromatic N) is 1. The van der Waals surface area contributed by atoms with Crippen LogP contribution < -0.4 is 0 Å². The van der Waals surface area contributed by atoms with Gasteiger partial charge in [-0.15, -0.1) is 0 Å². The molecule has 1 aliphatic heterocycles. The van der Waals surface area contributed by atoms with Gasteiger partial charge in [0.1, 0.15) is 12.4 Å². The molecule has 8 heteroatoms. The first-order valence-corrected chi connectivity index (χ1v) is 9.50. The predicted molar refractivity (Wildman–Crippen MR) is 91.5 cm³/mol. The Labute approximate surface area is 151 Å². The Morgan fingerprint density at radius 1 is 1.12 bits per heavy atom. The quantitative estimate of drug-likeness (QED) is 0.745. The van der Waals surface area contributed by atoms with E-state index >= 15 is 0 Å². The molecule has 138 valence electrons. The zero-order valence-electron chi connectivity index (χ0n) is 13.9. The highest BCUT2D eigenvalue weighted by Crippen LogP contribution is 2.18. The number of rotatable bonds is 5. The third-order valence-electron chi connectivity index (χ3n) is 3.96. The van der Waals surface area contributed by atoms with Crippen LogP contribution in [0.2, 0.25) is 0 Å². The van der Waals surface area contributed by atoms with Gasteiger partial charge in [-0.1, -0.05) is 12.1 Å². The third kappa shape index (κ3) is 4.27. The lowest BCUT2D eigenvalue weighted by Crippen LogP contribution is -2.40. The van der Waals surface area contributed by atoms with Gasteiger partial charge in [0.2, 0.25) is 10.0 Å². The summed E-state index contributed by atoms with van der Waals surface area (Å²) in [5.74, 6) is -1.01. The van der Waals surface area contributed by atoms with E-state index in [4.69, 9.17) is 9.47 Å². The van der Waals surface area contributed by atoms with Crippen LogP contribution in [-0.4, -0.2) is 45.0 Å². The summed E-state index contributed by atoms with van der Waals surface area (Å²) in [4.78, 5) is 12.2. The van der Waals surface area contributed by atoms with E-state index in [1.165, 1.54) is 46.8 Å². The maximum atomic E-state index is 13.1. The number of halogens is 1. The van der Waals surface area contributed by atoms with Gasteiger partial charge in [0, 0.05) is 13.1 Å². The Hall–Kier alpha value is -2.29. The molecular weight excluding hydrogens is 361 g/mol. The first kappa shape index (κ1) is 18.5. The second-order valence-electron chi connectivity index (χ2n) is 5.75. The smallest absolute Gasteiger partial charge is 0.338 e. The predicted octanol–water partition coefficient (Wildman–Crippen LogP) is 2.20. The normalized spacial score (nSPS) is 15.6. The van der Waals surface area contributed by atoms with E-state index in [2.05, 4.69) is 0 Å². The molecule has 0 amide bonds. The van der Waals surface area contributed by atoms with Crippen LogP contribution in [0, 0.1) is 5.82 Å². The van der Waals surface area contributed by atoms with Gasteiger partial charge in [0.25, 0.3) is 0 Å². The highest BCUT2D eigenvalue weighted by Gasteiger charge is 2.26. The van der Waals surface area contributed by atoms with E-state index in [1.54, 1.807) is 6.07 Å². The third-order valence-corrected chi connectivity index (χ3v) is 5.87. The molecule has 1 saturated heterocycles. The van der Waals surface area contributed by atoms with Crippen molar-refractivity contribution >= 4 is 16.0 Å². The summed E-state index contributed by atoms with van der Waals surface area (Å²) in [6.07, 6.45) is 0. The molecule has 0 bridgehead atoms. The molecule has 0 radical (unpaired) electrons. The van der Waals surface area contributed by atoms with Crippen LogP contribution in [-0.2, 0) is 26.1 Å². The molecule has 0 aliphatic carbocycles. The molecule has 1 heterocycles. The van der Waals surface area contributed by atoms with Crippen molar-refractivity contribution < 1.29 is 27.1 Å². The number of carbonyl (C=O) groups excluding carboxylic acids is 1. The van der Waals surface area contributed by atoms with Crippen LogP contribution in [0.4, 0.5) is 4.39 Å². The molecule has 0 unspecified atom stereocenters. The molecule has 1 aliphatic rings. The van der Waals surface area contributed by atoms with Crippen molar-refractivity contribution in [1.82, 2.24) is 4.31 Å². The van der Waals surface area contributed by atoms with E-state index in [0.717, 1.165) is 0 Å². The van der Waals surface area contributed by atoms with Crippen molar-refractivity contribution in [2.24, 2.45) is 0 Å². The Bertz CT molecular complexity index is 877. The van der Waals surface area contributed by atoms with Crippen LogP contribution in [0.3, 0.4) is 0 Å². The fraction of sp³-hybridized carbons (Fsp3) is 0.278. The first-order chi connectivity index (χ1) is 12.5. The maximum absolute atomic E-state index is 13.1. The Morgan fingerprint density at radius 3 is 2.46 bits per heavy atom. The Morgan fingerprint density at radius 2 is 1.81 bits per heavy atom. The molecular formula is C18H18FNO5S. The van der Waals surface area contributed by atoms with E-state index in [0.29, 0.717) is 31.9 Å². The van der Waals surface area contributed by atoms with E-state index < -0.39 is 21.8 Å². The molecule has 2 aromatic rings. The monoisotopic (exact) mass is 379 g/mol. The summed E-state index contributed by atoms with van der Waals surface area (Å²) in [5.41, 5.74) is 0.757. The number of benzene rings is 2. The zero-order chi connectivity index (χ0) is 18.6. The van der Waals surface area contributed by atoms with Crippen molar-refractivity contribution in [1.29, 1.82) is 0 Å². The van der Waals surface area contributed by atoms with Gasteiger partial charge < -0.3 is 9.47 Å². The fourth-order valence-corrected chi connectivity index (χ4v) is 3.97. The van der Waals surface area contributed by atoms with Crippen LogP contribution in [0.25, 0.3) is 0 Å². The number of hydrogen-bond acceptors (Lipinski definition) is 5. The van der Waals surface area contributed by atoms with Crippen LogP contribution in [0.1, 0.15) is 15.9 Å². The lowest BCUT2D eigenvalue weighted by atomic mass is 10.2. The largest absolute Gasteiger partial charge is 0.457 e. The second kappa shape index (κ2) is 7.94. The molecule has 1 fully saturated rings. The fourth-order valence-electron chi connectivity index (χ4n) is 2.56. The highest BCUT2D eigenvalue weighted by molar-refractivity contribution is 7.89. The van der Waals surface area contributed by atoms with Crippen molar-refractivity contribution in [2.45, 2.75) is 11.5 Å². The lowest BCUT2D eigenvalue weighted by Gasteiger charge is -2.26. The number of morpholine rings is 1. The summed E-state index contributed by atoms with van der Waals surface area (Å²) in [6, 6.07) is 11.3. The average Bonchev–Trinajstić information content (AvgIpc) is 2.67. The van der Waals surface area contributed by atoms with Crippen molar-refractivity contribution in [3.05, 3.63) is 65.5 Å². The summed E-state index contributed by atoms with van der Waals surface area (Å²) in [7, 11) is -3.60. The topological polar surface area (TPSA) is 72.9 Å². The maximum Gasteiger partial charge on any atom is 0.338 e. The first-order valence-electron chi connectivity index (χ1n) is 8.06. The minimum Gasteiger partial charge on any atom is -0.457 e. The molecule has 3 rings (SSSR count). The van der Waals surface area contributed by atoms with Gasteiger partial charge in [-0.3, -0.25) is 0 Å². The second-order valence-corrected chi connectivity index (χ2v) is 7.68. The summed E-state index contributed by atoms with van der Waals surface area (Å²) in [6.45, 7) is 1.28. The van der Waals surface area contributed by atoms with Crippen molar-refractivity contribution in [3.63, 3.8) is 0 Å². The molecule has 0 spiro atoms. The van der Waals surface area contributed by atoms with Gasteiger partial charge in [-0.05, 0) is 42.0 Å². The van der Waals surface area contributed by atoms with Gasteiger partial charge in [-0.25, -0.2) is 17.6 Å². The lowest BCUT2D eigenvalue weighted by molar-refractivity contribution is 0.0472. The zero-order valence-corrected chi connectivity index (χ0v) is 14.7. The van der Waals surface area contributed by atoms with Gasteiger partial charge in [0.05, 0.1) is 23.7 Å². The number of esters is 1. The summed E-state index contributed by atoms with van der Waals surface area (Å²) < 4.78 is 49.8. The van der Waals surface area contributed by atoms with E-state index in [-0.39, 0.29) is 17.1 Å². The molecule has 0 atom stereocenters. The minimum absolute atomic E-state index is 0.0651. The SMILES string of the molecule is O=C(OCc1cccc(F)c1)c1ccc(S(=O)(=O)N2CCOCC2)cc1. The van der Waals surface area contributed by atoms with Gasteiger partial charge >= 0.3 is 5.97 Å². The molecule has 6 nitrogen and oxygen atoms in total. The van der Waals surface area contributed by atoms with Crippen LogP contribution in [0.15, 0.2) is 53.4 Å². The van der Waals surface area contributed by atoms with E-state index in [1.807, 2.05) is 0 Å². The Kier molecular flexibility index (Phi) is 5.65. The summed E-state index contributed by atoms with van der Waals surface area (Å²) >= 11 is 0. The van der Waals surface area contributed by atoms with Gasteiger partial charge in [0.15, 0.2) is 0 Å². The number of carbonyl (C=O) groups is 1. The average molecular weight is 379 g/mol. The standard InChI is InChI=1S/C18H18FNO5S/c19-16-3-1-2-14(12-16)13-25-18(21)15-4-6-17(7-5-15)26(22,23)20-8-10-24-11-9-20/h1-7,12H,8-11,13H2. The summed E-state index contributed by atoms with van der Waals surface area (Å²) in [5, 5.41) is 0. The minimum atomic E-state index is -3.60. The van der Waals surface area contributed by atoms with Crippen molar-refractivity contribution in [3.8, 4) is 0 Å². The molecule has 0 aromatic heterocycles. The molecule has 0 N–H and O–H groups in total. The van der Waals surface area contributed by atoms with E-state index in [9.17, 15) is 17.6 Å². The van der Waals surface area contributed by atoms with Gasteiger partial charge in [-0.2, -0.15) is 4.31 Å². The highest BCUT2D eigenvalue weighted by atomic mass is 32.2. The number of sulfonamides is 1. The molecule has 0 saturated carbocycles. The van der Waals surface area contributed by atoms with Crippen molar-refractivity contribution in [2.75, 3.05) is 26.3 Å². The molecule has 26 heavy (non-hydrogen) atoms. The number of hydrogen-bond donors (Lipinski definition) is 0. The van der Waals surface area contributed by atoms with Crippen LogP contribution in [0.5, 0.6) is 0 Å². The molecule has 2 aromatic carbocycles.